The molecular formula is C13H22O2. The second kappa shape index (κ2) is 3.60. The summed E-state index contributed by atoms with van der Waals surface area (Å²) in [6.07, 6.45) is 6.95. The lowest BCUT2D eigenvalue weighted by molar-refractivity contribution is -0.203. The molecule has 4 unspecified atom stereocenters. The SMILES string of the molecule is CCOC(C)OC1(C)CC2(C)C=CC1C2. The third-order valence-electron chi connectivity index (χ3n) is 3.79. The molecule has 2 nitrogen and oxygen atoms in total. The highest BCUT2D eigenvalue weighted by Gasteiger charge is 2.52. The number of fused-ring (bicyclic) bond motifs is 2. The van der Waals surface area contributed by atoms with Crippen LogP contribution in [0.1, 0.15) is 40.5 Å². The van der Waals surface area contributed by atoms with E-state index in [4.69, 9.17) is 9.47 Å². The average molecular weight is 210 g/mol. The van der Waals surface area contributed by atoms with Gasteiger partial charge in [-0.25, -0.2) is 0 Å². The van der Waals surface area contributed by atoms with Gasteiger partial charge in [-0.15, -0.1) is 0 Å². The fourth-order valence-corrected chi connectivity index (χ4v) is 3.25. The van der Waals surface area contributed by atoms with Gasteiger partial charge in [-0.1, -0.05) is 19.1 Å². The predicted molar refractivity (Wildman–Crippen MR) is 60.5 cm³/mol. The molecule has 15 heavy (non-hydrogen) atoms. The van der Waals surface area contributed by atoms with Gasteiger partial charge in [0.25, 0.3) is 0 Å². The van der Waals surface area contributed by atoms with Gasteiger partial charge in [0, 0.05) is 12.5 Å². The van der Waals surface area contributed by atoms with Gasteiger partial charge >= 0.3 is 0 Å². The van der Waals surface area contributed by atoms with Crippen LogP contribution in [0.3, 0.4) is 0 Å². The Morgan fingerprint density at radius 3 is 2.67 bits per heavy atom. The minimum Gasteiger partial charge on any atom is -0.353 e. The monoisotopic (exact) mass is 210 g/mol. The first-order valence-corrected chi connectivity index (χ1v) is 5.96. The van der Waals surface area contributed by atoms with Crippen LogP contribution in [0.25, 0.3) is 0 Å². The van der Waals surface area contributed by atoms with Gasteiger partial charge in [-0.2, -0.15) is 0 Å². The lowest BCUT2D eigenvalue weighted by Crippen LogP contribution is -2.38. The Balaban J connectivity index is 2.01. The Hall–Kier alpha value is -0.340. The van der Waals surface area contributed by atoms with E-state index >= 15 is 0 Å². The maximum atomic E-state index is 6.06. The molecule has 0 spiro atoms. The summed E-state index contributed by atoms with van der Waals surface area (Å²) >= 11 is 0. The molecule has 4 atom stereocenters. The molecule has 2 aliphatic carbocycles. The average Bonchev–Trinajstić information content (AvgIpc) is 2.56. The molecule has 0 heterocycles. The Morgan fingerprint density at radius 1 is 1.47 bits per heavy atom. The maximum Gasteiger partial charge on any atom is 0.155 e. The van der Waals surface area contributed by atoms with Crippen molar-refractivity contribution in [1.82, 2.24) is 0 Å². The summed E-state index contributed by atoms with van der Waals surface area (Å²) in [7, 11) is 0. The van der Waals surface area contributed by atoms with Crippen molar-refractivity contribution in [2.24, 2.45) is 11.3 Å². The van der Waals surface area contributed by atoms with Crippen LogP contribution in [-0.2, 0) is 9.47 Å². The summed E-state index contributed by atoms with van der Waals surface area (Å²) in [6.45, 7) is 9.26. The van der Waals surface area contributed by atoms with E-state index in [0.717, 1.165) is 13.0 Å². The van der Waals surface area contributed by atoms with E-state index in [1.54, 1.807) is 0 Å². The summed E-state index contributed by atoms with van der Waals surface area (Å²) in [5, 5.41) is 0. The predicted octanol–water partition coefficient (Wildman–Crippen LogP) is 3.13. The second-order valence-electron chi connectivity index (χ2n) is 5.45. The third kappa shape index (κ3) is 1.98. The molecule has 2 rings (SSSR count). The van der Waals surface area contributed by atoms with Crippen molar-refractivity contribution in [1.29, 1.82) is 0 Å². The molecule has 0 saturated heterocycles. The molecule has 0 amide bonds. The molecular weight excluding hydrogens is 188 g/mol. The summed E-state index contributed by atoms with van der Waals surface area (Å²) < 4.78 is 11.5. The first-order chi connectivity index (χ1) is 6.97. The Kier molecular flexibility index (Phi) is 2.68. The van der Waals surface area contributed by atoms with Crippen LogP contribution >= 0.6 is 0 Å². The van der Waals surface area contributed by atoms with Crippen LogP contribution in [0.15, 0.2) is 12.2 Å². The quantitative estimate of drug-likeness (QED) is 0.524. The molecule has 0 aromatic carbocycles. The molecule has 0 aromatic rings. The first kappa shape index (κ1) is 11.2. The highest BCUT2D eigenvalue weighted by molar-refractivity contribution is 5.21. The fraction of sp³-hybridized carbons (Fsp3) is 0.846. The van der Waals surface area contributed by atoms with Crippen molar-refractivity contribution >= 4 is 0 Å². The Bertz CT molecular complexity index is 274. The zero-order valence-corrected chi connectivity index (χ0v) is 10.2. The van der Waals surface area contributed by atoms with Gasteiger partial charge in [0.15, 0.2) is 6.29 Å². The fourth-order valence-electron chi connectivity index (χ4n) is 3.25. The lowest BCUT2D eigenvalue weighted by atomic mass is 9.84. The third-order valence-corrected chi connectivity index (χ3v) is 3.79. The van der Waals surface area contributed by atoms with Crippen molar-refractivity contribution in [2.45, 2.75) is 52.4 Å². The smallest absolute Gasteiger partial charge is 0.155 e. The molecule has 2 bridgehead atoms. The summed E-state index contributed by atoms with van der Waals surface area (Å²) in [5.74, 6) is 0.574. The topological polar surface area (TPSA) is 18.5 Å². The summed E-state index contributed by atoms with van der Waals surface area (Å²) in [5.41, 5.74) is 0.351. The standard InChI is InChI=1S/C13H22O2/c1-5-14-10(2)15-13(4)9-12(3)7-6-11(13)8-12/h6-7,10-11H,5,8-9H2,1-4H3. The van der Waals surface area contributed by atoms with Crippen molar-refractivity contribution < 1.29 is 9.47 Å². The van der Waals surface area contributed by atoms with Gasteiger partial charge in [-0.3, -0.25) is 0 Å². The van der Waals surface area contributed by atoms with Crippen LogP contribution < -0.4 is 0 Å². The van der Waals surface area contributed by atoms with Gasteiger partial charge < -0.3 is 9.47 Å². The van der Waals surface area contributed by atoms with Crippen LogP contribution in [-0.4, -0.2) is 18.5 Å². The van der Waals surface area contributed by atoms with E-state index in [1.807, 2.05) is 13.8 Å². The molecule has 0 radical (unpaired) electrons. The van der Waals surface area contributed by atoms with Crippen LogP contribution in [0.5, 0.6) is 0 Å². The largest absolute Gasteiger partial charge is 0.353 e. The molecule has 0 aromatic heterocycles. The minimum atomic E-state index is -0.0867. The van der Waals surface area contributed by atoms with Crippen LogP contribution in [0.4, 0.5) is 0 Å². The number of hydrogen-bond donors (Lipinski definition) is 0. The maximum absolute atomic E-state index is 6.06. The van der Waals surface area contributed by atoms with E-state index in [-0.39, 0.29) is 11.9 Å². The zero-order chi connectivity index (χ0) is 11.1. The molecule has 86 valence electrons. The van der Waals surface area contributed by atoms with Gasteiger partial charge in [0.2, 0.25) is 0 Å². The zero-order valence-electron chi connectivity index (χ0n) is 10.2. The molecule has 0 N–H and O–H groups in total. The Morgan fingerprint density at radius 2 is 2.20 bits per heavy atom. The van der Waals surface area contributed by atoms with Crippen LogP contribution in [0, 0.1) is 11.3 Å². The van der Waals surface area contributed by atoms with E-state index in [0.29, 0.717) is 11.3 Å². The molecule has 2 aliphatic rings. The normalized spacial score (nSPS) is 44.9. The summed E-state index contributed by atoms with van der Waals surface area (Å²) in [4.78, 5) is 0. The van der Waals surface area contributed by atoms with Crippen LogP contribution in [0.2, 0.25) is 0 Å². The van der Waals surface area contributed by atoms with E-state index < -0.39 is 0 Å². The van der Waals surface area contributed by atoms with Crippen molar-refractivity contribution in [3.63, 3.8) is 0 Å². The second-order valence-corrected chi connectivity index (χ2v) is 5.45. The van der Waals surface area contributed by atoms with Crippen molar-refractivity contribution in [2.75, 3.05) is 6.61 Å². The minimum absolute atomic E-state index is 0.0158. The van der Waals surface area contributed by atoms with Gasteiger partial charge in [0.1, 0.15) is 0 Å². The highest BCUT2D eigenvalue weighted by Crippen LogP contribution is 2.55. The first-order valence-electron chi connectivity index (χ1n) is 5.96. The summed E-state index contributed by atoms with van der Waals surface area (Å²) in [6, 6.07) is 0. The van der Waals surface area contributed by atoms with E-state index in [9.17, 15) is 0 Å². The molecule has 0 aliphatic heterocycles. The number of rotatable bonds is 4. The number of allylic oxidation sites excluding steroid dienone is 1. The van der Waals surface area contributed by atoms with Crippen molar-refractivity contribution in [3.05, 3.63) is 12.2 Å². The Labute approximate surface area is 92.6 Å². The molecule has 1 saturated carbocycles. The number of hydrogen-bond acceptors (Lipinski definition) is 2. The van der Waals surface area contributed by atoms with E-state index in [1.165, 1.54) is 6.42 Å². The molecule has 1 fully saturated rings. The molecule has 2 heteroatoms. The van der Waals surface area contributed by atoms with E-state index in [2.05, 4.69) is 26.0 Å². The number of ether oxygens (including phenoxy) is 2. The highest BCUT2D eigenvalue weighted by atomic mass is 16.7. The van der Waals surface area contributed by atoms with Gasteiger partial charge in [-0.05, 0) is 39.0 Å². The van der Waals surface area contributed by atoms with Gasteiger partial charge in [0.05, 0.1) is 5.60 Å². The van der Waals surface area contributed by atoms with Crippen molar-refractivity contribution in [3.8, 4) is 0 Å². The lowest BCUT2D eigenvalue weighted by Gasteiger charge is -2.35.